The molecule has 1 unspecified atom stereocenters. The quantitative estimate of drug-likeness (QED) is 0.358. The molecule has 1 amide bonds. The van der Waals surface area contributed by atoms with Gasteiger partial charge in [0.25, 0.3) is 5.91 Å². The molecule has 0 fully saturated rings. The standard InChI is InChI=1S/C13H20N4O2S/c1-9(6-7-20-3)17(2)13(18)11-5-4-10(8-15-11)12(14)16-19/h4-5,8-9,19H,6-7H2,1-3H3,(H2,14,16). The monoisotopic (exact) mass is 296 g/mol. The molecule has 1 heterocycles. The van der Waals surface area contributed by atoms with Gasteiger partial charge < -0.3 is 15.8 Å². The zero-order chi connectivity index (χ0) is 15.1. The molecule has 1 aromatic rings. The van der Waals surface area contributed by atoms with Gasteiger partial charge in [0.05, 0.1) is 0 Å². The molecule has 0 aliphatic heterocycles. The van der Waals surface area contributed by atoms with Crippen LogP contribution < -0.4 is 5.73 Å². The summed E-state index contributed by atoms with van der Waals surface area (Å²) in [6, 6.07) is 3.34. The SMILES string of the molecule is CSCCC(C)N(C)C(=O)c1ccc(/C(N)=N/O)cn1. The minimum atomic E-state index is -0.135. The van der Waals surface area contributed by atoms with Gasteiger partial charge in [0.1, 0.15) is 5.69 Å². The topological polar surface area (TPSA) is 91.8 Å². The highest BCUT2D eigenvalue weighted by atomic mass is 32.2. The fourth-order valence-electron chi connectivity index (χ4n) is 1.59. The molecule has 6 nitrogen and oxygen atoms in total. The number of thioether (sulfide) groups is 1. The number of pyridine rings is 1. The van der Waals surface area contributed by atoms with Crippen molar-refractivity contribution in [1.82, 2.24) is 9.88 Å². The third kappa shape index (κ3) is 4.12. The van der Waals surface area contributed by atoms with Crippen LogP contribution in [0.3, 0.4) is 0 Å². The first-order chi connectivity index (χ1) is 9.51. The van der Waals surface area contributed by atoms with Crippen molar-refractivity contribution in [2.24, 2.45) is 10.9 Å². The molecule has 3 N–H and O–H groups in total. The molecule has 1 atom stereocenters. The van der Waals surface area contributed by atoms with Crippen molar-refractivity contribution in [1.29, 1.82) is 0 Å². The largest absolute Gasteiger partial charge is 0.409 e. The zero-order valence-electron chi connectivity index (χ0n) is 11.9. The van der Waals surface area contributed by atoms with Gasteiger partial charge in [-0.2, -0.15) is 11.8 Å². The number of carbonyl (C=O) groups excluding carboxylic acids is 1. The number of nitrogens with zero attached hydrogens (tertiary/aromatic N) is 3. The van der Waals surface area contributed by atoms with E-state index in [9.17, 15) is 4.79 Å². The van der Waals surface area contributed by atoms with E-state index in [1.807, 2.05) is 13.2 Å². The smallest absolute Gasteiger partial charge is 0.272 e. The molecule has 20 heavy (non-hydrogen) atoms. The lowest BCUT2D eigenvalue weighted by Gasteiger charge is -2.24. The van der Waals surface area contributed by atoms with Crippen LogP contribution in [0.1, 0.15) is 29.4 Å². The van der Waals surface area contributed by atoms with Crippen molar-refractivity contribution < 1.29 is 10.0 Å². The average molecular weight is 296 g/mol. The summed E-state index contributed by atoms with van der Waals surface area (Å²) >= 11 is 1.76. The van der Waals surface area contributed by atoms with Gasteiger partial charge in [-0.25, -0.2) is 0 Å². The van der Waals surface area contributed by atoms with Crippen LogP contribution in [-0.2, 0) is 0 Å². The van der Waals surface area contributed by atoms with Crippen LogP contribution in [0, 0.1) is 0 Å². The van der Waals surface area contributed by atoms with Crippen molar-refractivity contribution in [2.75, 3.05) is 19.1 Å². The fraction of sp³-hybridized carbons (Fsp3) is 0.462. The minimum absolute atomic E-state index is 0.0295. The van der Waals surface area contributed by atoms with Crippen LogP contribution in [0.5, 0.6) is 0 Å². The molecule has 0 aromatic carbocycles. The van der Waals surface area contributed by atoms with Crippen LogP contribution in [0.15, 0.2) is 23.5 Å². The summed E-state index contributed by atoms with van der Waals surface area (Å²) in [7, 11) is 1.77. The van der Waals surface area contributed by atoms with Gasteiger partial charge in [-0.3, -0.25) is 9.78 Å². The third-order valence-electron chi connectivity index (χ3n) is 3.11. The van der Waals surface area contributed by atoms with Gasteiger partial charge in [0, 0.05) is 24.8 Å². The highest BCUT2D eigenvalue weighted by Crippen LogP contribution is 2.10. The predicted molar refractivity (Wildman–Crippen MR) is 81.3 cm³/mol. The lowest BCUT2D eigenvalue weighted by atomic mass is 10.2. The summed E-state index contributed by atoms with van der Waals surface area (Å²) in [5, 5.41) is 11.5. The Kier molecular flexibility index (Phi) is 6.30. The van der Waals surface area contributed by atoms with Crippen LogP contribution in [0.25, 0.3) is 0 Å². The second kappa shape index (κ2) is 7.74. The summed E-state index contributed by atoms with van der Waals surface area (Å²) in [5.41, 5.74) is 6.27. The van der Waals surface area contributed by atoms with Gasteiger partial charge >= 0.3 is 0 Å². The van der Waals surface area contributed by atoms with Crippen molar-refractivity contribution in [3.05, 3.63) is 29.6 Å². The molecular weight excluding hydrogens is 276 g/mol. The van der Waals surface area contributed by atoms with Crippen LogP contribution >= 0.6 is 11.8 Å². The number of amidine groups is 1. The minimum Gasteiger partial charge on any atom is -0.409 e. The van der Waals surface area contributed by atoms with E-state index in [1.54, 1.807) is 35.8 Å². The summed E-state index contributed by atoms with van der Waals surface area (Å²) in [4.78, 5) is 18.0. The fourth-order valence-corrected chi connectivity index (χ4v) is 2.17. The van der Waals surface area contributed by atoms with Crippen LogP contribution in [0.2, 0.25) is 0 Å². The average Bonchev–Trinajstić information content (AvgIpc) is 2.50. The number of hydrogen-bond donors (Lipinski definition) is 2. The van der Waals surface area contributed by atoms with Crippen LogP contribution in [-0.4, -0.2) is 51.9 Å². The molecule has 0 aliphatic rings. The highest BCUT2D eigenvalue weighted by Gasteiger charge is 2.18. The first-order valence-corrected chi connectivity index (χ1v) is 7.60. The molecule has 0 spiro atoms. The number of carbonyl (C=O) groups is 1. The van der Waals surface area contributed by atoms with Gasteiger partial charge in [0.15, 0.2) is 5.84 Å². The summed E-state index contributed by atoms with van der Waals surface area (Å²) in [6.45, 7) is 2.01. The van der Waals surface area contributed by atoms with Crippen LogP contribution in [0.4, 0.5) is 0 Å². The Morgan fingerprint density at radius 2 is 2.30 bits per heavy atom. The number of hydrogen-bond acceptors (Lipinski definition) is 5. The molecule has 0 saturated heterocycles. The summed E-state index contributed by atoms with van der Waals surface area (Å²) < 4.78 is 0. The van der Waals surface area contributed by atoms with E-state index in [0.29, 0.717) is 11.3 Å². The second-order valence-corrected chi connectivity index (χ2v) is 5.45. The Bertz CT molecular complexity index is 476. The van der Waals surface area contributed by atoms with E-state index in [2.05, 4.69) is 10.1 Å². The Labute approximate surface area is 123 Å². The maximum Gasteiger partial charge on any atom is 0.272 e. The number of rotatable bonds is 6. The molecule has 1 aromatic heterocycles. The van der Waals surface area contributed by atoms with Crippen molar-refractivity contribution >= 4 is 23.5 Å². The zero-order valence-corrected chi connectivity index (χ0v) is 12.7. The van der Waals surface area contributed by atoms with E-state index in [0.717, 1.165) is 12.2 Å². The summed E-state index contributed by atoms with van der Waals surface area (Å²) in [5.74, 6) is 0.845. The highest BCUT2D eigenvalue weighted by molar-refractivity contribution is 7.98. The number of aromatic nitrogens is 1. The lowest BCUT2D eigenvalue weighted by Crippen LogP contribution is -2.36. The van der Waals surface area contributed by atoms with Gasteiger partial charge in [-0.05, 0) is 37.5 Å². The molecule has 0 saturated carbocycles. The van der Waals surface area contributed by atoms with Crippen molar-refractivity contribution in [3.8, 4) is 0 Å². The first-order valence-electron chi connectivity index (χ1n) is 6.21. The van der Waals surface area contributed by atoms with Crippen molar-refractivity contribution in [2.45, 2.75) is 19.4 Å². The number of nitrogens with two attached hydrogens (primary N) is 1. The maximum absolute atomic E-state index is 12.2. The molecule has 1 rings (SSSR count). The third-order valence-corrected chi connectivity index (χ3v) is 3.75. The van der Waals surface area contributed by atoms with E-state index < -0.39 is 0 Å². The molecule has 110 valence electrons. The number of oxime groups is 1. The lowest BCUT2D eigenvalue weighted by molar-refractivity contribution is 0.0735. The maximum atomic E-state index is 12.2. The molecule has 0 aliphatic carbocycles. The number of amides is 1. The molecule has 0 bridgehead atoms. The first kappa shape index (κ1) is 16.3. The van der Waals surface area contributed by atoms with Gasteiger partial charge in [-0.15, -0.1) is 0 Å². The second-order valence-electron chi connectivity index (χ2n) is 4.46. The van der Waals surface area contributed by atoms with Crippen molar-refractivity contribution in [3.63, 3.8) is 0 Å². The molecular formula is C13H20N4O2S. The summed E-state index contributed by atoms with van der Waals surface area (Å²) in [6.07, 6.45) is 4.40. The molecule has 0 radical (unpaired) electrons. The van der Waals surface area contributed by atoms with E-state index in [4.69, 9.17) is 10.9 Å². The molecule has 7 heteroatoms. The normalized spacial score (nSPS) is 13.1. The van der Waals surface area contributed by atoms with E-state index in [1.165, 1.54) is 6.20 Å². The van der Waals surface area contributed by atoms with Gasteiger partial charge in [-0.1, -0.05) is 5.16 Å². The van der Waals surface area contributed by atoms with E-state index >= 15 is 0 Å². The predicted octanol–water partition coefficient (Wildman–Crippen LogP) is 1.39. The Balaban J connectivity index is 2.77. The van der Waals surface area contributed by atoms with Gasteiger partial charge in [0.2, 0.25) is 0 Å². The van der Waals surface area contributed by atoms with E-state index in [-0.39, 0.29) is 17.8 Å². The Morgan fingerprint density at radius 1 is 1.60 bits per heavy atom. The Morgan fingerprint density at radius 3 is 2.80 bits per heavy atom. The Hall–Kier alpha value is -1.76.